The van der Waals surface area contributed by atoms with Crippen LogP contribution in [0.25, 0.3) is 0 Å². The first-order chi connectivity index (χ1) is 5.56. The van der Waals surface area contributed by atoms with Crippen LogP contribution >= 0.6 is 0 Å². The van der Waals surface area contributed by atoms with Gasteiger partial charge in [-0.25, -0.2) is 9.59 Å². The summed E-state index contributed by atoms with van der Waals surface area (Å²) < 4.78 is 3.59. The zero-order valence-corrected chi connectivity index (χ0v) is 6.10. The molecule has 0 atom stereocenters. The van der Waals surface area contributed by atoms with E-state index in [1.165, 1.54) is 0 Å². The molecular weight excluding hydrogens is 241 g/mol. The van der Waals surface area contributed by atoms with Crippen LogP contribution in [0, 0.1) is 0 Å². The minimum atomic E-state index is -1.77. The van der Waals surface area contributed by atoms with Gasteiger partial charge in [-0.2, -0.15) is 4.89 Å². The molecule has 0 saturated carbocycles. The van der Waals surface area contributed by atoms with Crippen LogP contribution in [0.1, 0.15) is 6.42 Å². The van der Waals surface area contributed by atoms with Crippen molar-refractivity contribution < 1.29 is 34.0 Å². The summed E-state index contributed by atoms with van der Waals surface area (Å²) >= 11 is 0. The summed E-state index contributed by atoms with van der Waals surface area (Å²) in [6.07, 6.45) is -2.58. The molecule has 0 fully saturated rings. The van der Waals surface area contributed by atoms with Gasteiger partial charge in [0.15, 0.2) is 0 Å². The Morgan fingerprint density at radius 3 is 1.87 bits per heavy atom. The van der Waals surface area contributed by atoms with Crippen molar-refractivity contribution in [3.05, 3.63) is 0 Å². The molecule has 7 nitrogen and oxygen atoms in total. The molecule has 1 N–H and O–H groups in total. The van der Waals surface area contributed by atoms with E-state index in [0.29, 0.717) is 0 Å². The predicted octanol–water partition coefficient (Wildman–Crippen LogP) is -2.24. The molecule has 0 radical (unpaired) electrons. The Hall–Kier alpha value is 1.37. The van der Waals surface area contributed by atoms with E-state index >= 15 is 0 Å². The summed E-state index contributed by atoms with van der Waals surface area (Å²) in [6, 6.07) is 0. The van der Waals surface area contributed by atoms with Crippen LogP contribution in [0.15, 0.2) is 0 Å². The van der Waals surface area contributed by atoms with Crippen LogP contribution in [-0.4, -0.2) is 119 Å². The number of hydrogen-bond donors (Lipinski definition) is 1. The van der Waals surface area contributed by atoms with Crippen LogP contribution in [0.2, 0.25) is 0 Å². The van der Waals surface area contributed by atoms with E-state index < -0.39 is 24.5 Å². The quantitative estimate of drug-likeness (QED) is 0.199. The maximum atomic E-state index is 10.4. The van der Waals surface area contributed by atoms with Crippen LogP contribution in [0.5, 0.6) is 0 Å². The molecule has 0 aliphatic carbocycles. The average Bonchev–Trinajstić information content (AvgIpc) is 1.84. The standard InChI is InChI=1S/C5H6O7.3Na.3H/c1-10-12-4(7)2-3(6)11-5(8)9;;;;;;/h2H2,1H3,(H,8,9);;;;;;. The molecule has 15 heavy (non-hydrogen) atoms. The molecule has 0 aliphatic heterocycles. The van der Waals surface area contributed by atoms with E-state index in [1.54, 1.807) is 0 Å². The SMILES string of the molecule is COOC(=O)CC(=O)OC(=O)O.[NaH].[NaH].[NaH]. The molecule has 0 saturated heterocycles. The number of carbonyl (C=O) groups is 3. The van der Waals surface area contributed by atoms with Crippen molar-refractivity contribution in [2.45, 2.75) is 6.42 Å². The Balaban J connectivity index is -0.000000202. The predicted molar refractivity (Wildman–Crippen MR) is 53.3 cm³/mol. The molecule has 0 aromatic rings. The average molecular weight is 250 g/mol. The minimum absolute atomic E-state index is 0. The summed E-state index contributed by atoms with van der Waals surface area (Å²) in [5.41, 5.74) is 0. The number of carboxylic acid groups (broad SMARTS) is 1. The van der Waals surface area contributed by atoms with Gasteiger partial charge >= 0.3 is 107 Å². The first kappa shape index (κ1) is 25.3. The van der Waals surface area contributed by atoms with Gasteiger partial charge in [0, 0.05) is 0 Å². The number of rotatable bonds is 3. The van der Waals surface area contributed by atoms with Gasteiger partial charge in [-0.05, 0) is 0 Å². The first-order valence-corrected chi connectivity index (χ1v) is 2.73. The van der Waals surface area contributed by atoms with Crippen molar-refractivity contribution in [3.63, 3.8) is 0 Å². The summed E-state index contributed by atoms with van der Waals surface area (Å²) in [5.74, 6) is -2.24. The summed E-state index contributed by atoms with van der Waals surface area (Å²) in [5, 5.41) is 7.90. The third-order valence-corrected chi connectivity index (χ3v) is 0.666. The van der Waals surface area contributed by atoms with Crippen molar-refractivity contribution in [2.75, 3.05) is 7.11 Å². The van der Waals surface area contributed by atoms with Gasteiger partial charge in [0.2, 0.25) is 0 Å². The van der Waals surface area contributed by atoms with Crippen LogP contribution in [0.4, 0.5) is 4.79 Å². The fourth-order valence-corrected chi connectivity index (χ4v) is 0.374. The molecule has 0 unspecified atom stereocenters. The molecule has 0 aromatic heterocycles. The van der Waals surface area contributed by atoms with Gasteiger partial charge in [0.05, 0.1) is 7.11 Å². The summed E-state index contributed by atoms with van der Waals surface area (Å²) in [7, 11) is 1.07. The molecule has 74 valence electrons. The van der Waals surface area contributed by atoms with E-state index in [4.69, 9.17) is 5.11 Å². The zero-order valence-electron chi connectivity index (χ0n) is 6.10. The van der Waals surface area contributed by atoms with Gasteiger partial charge in [0.1, 0.15) is 6.42 Å². The Labute approximate surface area is 152 Å². The second-order valence-electron chi connectivity index (χ2n) is 1.54. The van der Waals surface area contributed by atoms with Crippen LogP contribution in [-0.2, 0) is 24.1 Å². The Bertz CT molecular complexity index is 207. The number of carbonyl (C=O) groups excluding carboxylic acids is 2. The maximum absolute atomic E-state index is 10.4. The summed E-state index contributed by atoms with van der Waals surface area (Å²) in [6.45, 7) is 0. The molecule has 0 bridgehead atoms. The fourth-order valence-electron chi connectivity index (χ4n) is 0.374. The molecule has 0 aliphatic rings. The molecule has 0 aromatic carbocycles. The van der Waals surface area contributed by atoms with E-state index in [0.717, 1.165) is 7.11 Å². The molecular formula is C5H9Na3O7. The Kier molecular flexibility index (Phi) is 25.9. The van der Waals surface area contributed by atoms with E-state index in [-0.39, 0.29) is 88.7 Å². The van der Waals surface area contributed by atoms with Crippen molar-refractivity contribution in [1.29, 1.82) is 0 Å². The van der Waals surface area contributed by atoms with Gasteiger partial charge in [-0.1, -0.05) is 0 Å². The second kappa shape index (κ2) is 15.4. The van der Waals surface area contributed by atoms with Crippen molar-refractivity contribution >= 4 is 107 Å². The molecule has 0 heterocycles. The molecule has 0 spiro atoms. The van der Waals surface area contributed by atoms with Crippen molar-refractivity contribution in [2.24, 2.45) is 0 Å². The third kappa shape index (κ3) is 18.0. The van der Waals surface area contributed by atoms with E-state index in [1.807, 2.05) is 0 Å². The second-order valence-corrected chi connectivity index (χ2v) is 1.54. The number of esters is 1. The van der Waals surface area contributed by atoms with Gasteiger partial charge in [-0.15, -0.1) is 0 Å². The Morgan fingerprint density at radius 2 is 1.53 bits per heavy atom. The number of ether oxygens (including phenoxy) is 1. The van der Waals surface area contributed by atoms with Crippen LogP contribution in [0.3, 0.4) is 0 Å². The monoisotopic (exact) mass is 250 g/mol. The molecule has 0 rings (SSSR count). The fraction of sp³-hybridized carbons (Fsp3) is 0.400. The van der Waals surface area contributed by atoms with Gasteiger partial charge in [0.25, 0.3) is 0 Å². The number of hydrogen-bond acceptors (Lipinski definition) is 6. The molecule has 10 heteroatoms. The molecule has 0 amide bonds. The first-order valence-electron chi connectivity index (χ1n) is 2.73. The van der Waals surface area contributed by atoms with Gasteiger partial charge in [-0.3, -0.25) is 9.68 Å². The van der Waals surface area contributed by atoms with E-state index in [2.05, 4.69) is 14.5 Å². The van der Waals surface area contributed by atoms with Crippen molar-refractivity contribution in [3.8, 4) is 0 Å². The Morgan fingerprint density at radius 1 is 1.07 bits per heavy atom. The third-order valence-electron chi connectivity index (χ3n) is 0.666. The zero-order chi connectivity index (χ0) is 9.56. The topological polar surface area (TPSA) is 99.1 Å². The van der Waals surface area contributed by atoms with Crippen molar-refractivity contribution in [1.82, 2.24) is 0 Å². The van der Waals surface area contributed by atoms with Crippen LogP contribution < -0.4 is 0 Å². The van der Waals surface area contributed by atoms with E-state index in [9.17, 15) is 14.4 Å². The summed E-state index contributed by atoms with van der Waals surface area (Å²) in [4.78, 5) is 38.3. The van der Waals surface area contributed by atoms with Gasteiger partial charge < -0.3 is 9.84 Å². The normalized spacial score (nSPS) is 7.00.